The fraction of sp³-hybridized carbons (Fsp3) is 0.222. The van der Waals surface area contributed by atoms with Gasteiger partial charge in [0.15, 0.2) is 0 Å². The normalized spacial score (nSPS) is 12.3. The highest BCUT2D eigenvalue weighted by Gasteiger charge is 2.29. The summed E-state index contributed by atoms with van der Waals surface area (Å²) in [5.41, 5.74) is 6.58. The molecule has 0 aliphatic carbocycles. The first-order valence-corrected chi connectivity index (χ1v) is 8.16. The minimum Gasteiger partial charge on any atom is -0.462 e. The summed E-state index contributed by atoms with van der Waals surface area (Å²) in [5, 5.41) is 5.12. The Morgan fingerprint density at radius 2 is 2.04 bits per heavy atom. The molecule has 9 heteroatoms. The number of ether oxygens (including phenoxy) is 1. The second-order valence-corrected chi connectivity index (χ2v) is 5.87. The molecule has 9 nitrogen and oxygen atoms in total. The summed E-state index contributed by atoms with van der Waals surface area (Å²) in [5.74, 6) is -2.57. The Labute approximate surface area is 153 Å². The molecule has 1 aliphatic heterocycles. The number of hydrogen-bond acceptors (Lipinski definition) is 6. The van der Waals surface area contributed by atoms with E-state index in [1.54, 1.807) is 19.1 Å². The standard InChI is InChI=1S/C18H17N3O6/c1-3-26-18(25)13-8(2)27-17(14(13)15(19)23)21-16(24)9-4-5-11-10(6-9)7-12(22)20-11/h4-6H,3,7H2,1-2H3,(H2,19,23)(H,20,22)(H,21,24). The van der Waals surface area contributed by atoms with E-state index in [9.17, 15) is 19.2 Å². The molecule has 0 bridgehead atoms. The van der Waals surface area contributed by atoms with Gasteiger partial charge in [-0.3, -0.25) is 19.7 Å². The quantitative estimate of drug-likeness (QED) is 0.682. The highest BCUT2D eigenvalue weighted by molar-refractivity contribution is 6.13. The number of benzene rings is 1. The van der Waals surface area contributed by atoms with Crippen LogP contribution in [-0.4, -0.2) is 30.3 Å². The lowest BCUT2D eigenvalue weighted by molar-refractivity contribution is -0.115. The molecule has 1 aromatic carbocycles. The fourth-order valence-electron chi connectivity index (χ4n) is 2.86. The monoisotopic (exact) mass is 371 g/mol. The van der Waals surface area contributed by atoms with Crippen molar-refractivity contribution in [2.24, 2.45) is 5.73 Å². The van der Waals surface area contributed by atoms with Crippen molar-refractivity contribution < 1.29 is 28.3 Å². The highest BCUT2D eigenvalue weighted by atomic mass is 16.5. The first kappa shape index (κ1) is 18.2. The summed E-state index contributed by atoms with van der Waals surface area (Å²) in [6, 6.07) is 4.70. The summed E-state index contributed by atoms with van der Waals surface area (Å²) < 4.78 is 10.3. The van der Waals surface area contributed by atoms with Crippen molar-refractivity contribution in [2.75, 3.05) is 17.2 Å². The van der Waals surface area contributed by atoms with Gasteiger partial charge in [0.25, 0.3) is 11.8 Å². The third kappa shape index (κ3) is 3.39. The van der Waals surface area contributed by atoms with E-state index in [2.05, 4.69) is 10.6 Å². The zero-order chi connectivity index (χ0) is 19.7. The maximum absolute atomic E-state index is 12.5. The van der Waals surface area contributed by atoms with E-state index in [1.165, 1.54) is 13.0 Å². The van der Waals surface area contributed by atoms with Gasteiger partial charge in [-0.05, 0) is 37.6 Å². The van der Waals surface area contributed by atoms with Crippen molar-refractivity contribution in [1.82, 2.24) is 0 Å². The lowest BCUT2D eigenvalue weighted by atomic mass is 10.1. The van der Waals surface area contributed by atoms with E-state index in [-0.39, 0.29) is 47.3 Å². The first-order valence-electron chi connectivity index (χ1n) is 8.16. The van der Waals surface area contributed by atoms with Gasteiger partial charge in [-0.1, -0.05) is 0 Å². The number of rotatable bonds is 5. The number of aryl methyl sites for hydroxylation is 1. The van der Waals surface area contributed by atoms with Gasteiger partial charge < -0.3 is 20.2 Å². The molecule has 1 aliphatic rings. The molecule has 0 radical (unpaired) electrons. The van der Waals surface area contributed by atoms with Crippen molar-refractivity contribution in [1.29, 1.82) is 0 Å². The molecule has 0 fully saturated rings. The van der Waals surface area contributed by atoms with Gasteiger partial charge in [0.1, 0.15) is 16.9 Å². The zero-order valence-corrected chi connectivity index (χ0v) is 14.7. The lowest BCUT2D eigenvalue weighted by Gasteiger charge is -2.06. The molecule has 2 heterocycles. The number of carbonyl (C=O) groups is 4. The molecule has 3 amide bonds. The van der Waals surface area contributed by atoms with E-state index in [1.807, 2.05) is 0 Å². The van der Waals surface area contributed by atoms with Gasteiger partial charge in [0.2, 0.25) is 11.8 Å². The van der Waals surface area contributed by atoms with Crippen LogP contribution in [0.5, 0.6) is 0 Å². The SMILES string of the molecule is CCOC(=O)c1c(C)oc(NC(=O)c2ccc3c(c2)CC(=O)N3)c1C(N)=O. The Morgan fingerprint density at radius 3 is 2.70 bits per heavy atom. The molecule has 27 heavy (non-hydrogen) atoms. The topological polar surface area (TPSA) is 141 Å². The maximum Gasteiger partial charge on any atom is 0.342 e. The van der Waals surface area contributed by atoms with Crippen molar-refractivity contribution in [3.8, 4) is 0 Å². The molecular formula is C18H17N3O6. The number of hydrogen-bond donors (Lipinski definition) is 3. The minimum atomic E-state index is -0.936. The Hall–Kier alpha value is -3.62. The average Bonchev–Trinajstić information content (AvgIpc) is 3.12. The second-order valence-electron chi connectivity index (χ2n) is 5.87. The third-order valence-corrected chi connectivity index (χ3v) is 4.03. The van der Waals surface area contributed by atoms with E-state index >= 15 is 0 Å². The van der Waals surface area contributed by atoms with Crippen LogP contribution in [0.15, 0.2) is 22.6 Å². The largest absolute Gasteiger partial charge is 0.462 e. The second kappa shape index (κ2) is 6.94. The molecule has 0 unspecified atom stereocenters. The predicted molar refractivity (Wildman–Crippen MR) is 94.6 cm³/mol. The van der Waals surface area contributed by atoms with Crippen molar-refractivity contribution in [3.63, 3.8) is 0 Å². The summed E-state index contributed by atoms with van der Waals surface area (Å²) in [6.45, 7) is 3.18. The van der Waals surface area contributed by atoms with Gasteiger partial charge in [-0.15, -0.1) is 0 Å². The minimum absolute atomic E-state index is 0.0984. The van der Waals surface area contributed by atoms with E-state index in [4.69, 9.17) is 14.9 Å². The molecule has 1 aromatic heterocycles. The highest BCUT2D eigenvalue weighted by Crippen LogP contribution is 2.29. The van der Waals surface area contributed by atoms with Crippen LogP contribution < -0.4 is 16.4 Å². The van der Waals surface area contributed by atoms with E-state index < -0.39 is 17.8 Å². The maximum atomic E-state index is 12.5. The molecule has 0 spiro atoms. The van der Waals surface area contributed by atoms with Gasteiger partial charge in [-0.2, -0.15) is 0 Å². The number of primary amides is 1. The number of anilines is 2. The zero-order valence-electron chi connectivity index (χ0n) is 14.7. The Balaban J connectivity index is 1.92. The Kier molecular flexibility index (Phi) is 4.68. The van der Waals surface area contributed by atoms with Crippen LogP contribution in [0.1, 0.15) is 49.3 Å². The van der Waals surface area contributed by atoms with Crippen molar-refractivity contribution >= 4 is 35.3 Å². The number of nitrogens with two attached hydrogens (primary N) is 1. The van der Waals surface area contributed by atoms with Crippen LogP contribution in [0.4, 0.5) is 11.6 Å². The smallest absolute Gasteiger partial charge is 0.342 e. The number of amides is 3. The molecule has 0 saturated carbocycles. The average molecular weight is 371 g/mol. The summed E-state index contributed by atoms with van der Waals surface area (Å²) in [7, 11) is 0. The molecule has 0 atom stereocenters. The molecular weight excluding hydrogens is 354 g/mol. The van der Waals surface area contributed by atoms with Crippen LogP contribution in [0.3, 0.4) is 0 Å². The number of carbonyl (C=O) groups excluding carboxylic acids is 4. The molecule has 0 saturated heterocycles. The van der Waals surface area contributed by atoms with Crippen LogP contribution in [0, 0.1) is 6.92 Å². The predicted octanol–water partition coefficient (Wildman–Crippen LogP) is 1.61. The number of esters is 1. The van der Waals surface area contributed by atoms with Crippen molar-refractivity contribution in [3.05, 3.63) is 46.2 Å². The van der Waals surface area contributed by atoms with E-state index in [0.717, 1.165) is 0 Å². The third-order valence-electron chi connectivity index (χ3n) is 4.03. The number of furan rings is 1. The van der Waals surface area contributed by atoms with Crippen molar-refractivity contribution in [2.45, 2.75) is 20.3 Å². The fourth-order valence-corrected chi connectivity index (χ4v) is 2.86. The van der Waals surface area contributed by atoms with Gasteiger partial charge in [0.05, 0.1) is 13.0 Å². The van der Waals surface area contributed by atoms with Crippen LogP contribution in [0.2, 0.25) is 0 Å². The van der Waals surface area contributed by atoms with Gasteiger partial charge >= 0.3 is 5.97 Å². The molecule has 140 valence electrons. The van der Waals surface area contributed by atoms with Crippen LogP contribution >= 0.6 is 0 Å². The Morgan fingerprint density at radius 1 is 1.30 bits per heavy atom. The summed E-state index contributed by atoms with van der Waals surface area (Å²) >= 11 is 0. The van der Waals surface area contributed by atoms with E-state index in [0.29, 0.717) is 11.3 Å². The summed E-state index contributed by atoms with van der Waals surface area (Å²) in [4.78, 5) is 47.9. The number of nitrogens with one attached hydrogen (secondary N) is 2. The van der Waals surface area contributed by atoms with Gasteiger partial charge in [0, 0.05) is 11.3 Å². The van der Waals surface area contributed by atoms with Crippen LogP contribution in [0.25, 0.3) is 0 Å². The molecule has 4 N–H and O–H groups in total. The van der Waals surface area contributed by atoms with Gasteiger partial charge in [-0.25, -0.2) is 4.79 Å². The molecule has 3 rings (SSSR count). The lowest BCUT2D eigenvalue weighted by Crippen LogP contribution is -2.20. The van der Waals surface area contributed by atoms with Crippen LogP contribution in [-0.2, 0) is 16.0 Å². The molecule has 2 aromatic rings. The summed E-state index contributed by atoms with van der Waals surface area (Å²) in [6.07, 6.45) is 0.176. The Bertz CT molecular complexity index is 976. The number of fused-ring (bicyclic) bond motifs is 1. The first-order chi connectivity index (χ1) is 12.8.